The van der Waals surface area contributed by atoms with Crippen LogP contribution in [0.5, 0.6) is 11.5 Å². The van der Waals surface area contributed by atoms with Crippen molar-refractivity contribution in [3.8, 4) is 11.5 Å². The summed E-state index contributed by atoms with van der Waals surface area (Å²) in [6, 6.07) is 8.54. The first-order chi connectivity index (χ1) is 10.9. The molecular weight excluding hydrogens is 377 g/mol. The van der Waals surface area contributed by atoms with Crippen LogP contribution < -0.4 is 15.2 Å². The van der Waals surface area contributed by atoms with E-state index in [9.17, 15) is 0 Å². The molecule has 0 radical (unpaired) electrons. The number of halogens is 3. The van der Waals surface area contributed by atoms with Gasteiger partial charge in [-0.2, -0.15) is 0 Å². The lowest BCUT2D eigenvalue weighted by atomic mass is 10.2. The fourth-order valence-electron chi connectivity index (χ4n) is 1.90. The average molecular weight is 391 g/mol. The summed E-state index contributed by atoms with van der Waals surface area (Å²) in [5.41, 5.74) is 7.04. The summed E-state index contributed by atoms with van der Waals surface area (Å²) >= 11 is 23.3. The van der Waals surface area contributed by atoms with Crippen LogP contribution in [0.2, 0.25) is 15.1 Å². The molecule has 0 aromatic heterocycles. The Balaban J connectivity index is 2.29. The largest absolute Gasteiger partial charge is 0.490 e. The molecule has 0 bridgehead atoms. The van der Waals surface area contributed by atoms with Crippen LogP contribution in [0.1, 0.15) is 18.1 Å². The number of rotatable bonds is 6. The first-order valence-electron chi connectivity index (χ1n) is 6.75. The monoisotopic (exact) mass is 389 g/mol. The van der Waals surface area contributed by atoms with Gasteiger partial charge in [-0.05, 0) is 31.2 Å². The van der Waals surface area contributed by atoms with E-state index in [2.05, 4.69) is 0 Å². The summed E-state index contributed by atoms with van der Waals surface area (Å²) in [4.78, 5) is 0.236. The number of benzene rings is 2. The first kappa shape index (κ1) is 18.1. The summed E-state index contributed by atoms with van der Waals surface area (Å²) < 4.78 is 11.4. The number of hydrogen-bond acceptors (Lipinski definition) is 3. The lowest BCUT2D eigenvalue weighted by Crippen LogP contribution is -2.10. The zero-order valence-electron chi connectivity index (χ0n) is 12.2. The highest BCUT2D eigenvalue weighted by atomic mass is 35.5. The Kier molecular flexibility index (Phi) is 6.36. The molecule has 0 heterocycles. The van der Waals surface area contributed by atoms with Gasteiger partial charge in [-0.15, -0.1) is 0 Å². The van der Waals surface area contributed by atoms with Gasteiger partial charge >= 0.3 is 0 Å². The molecular formula is C16H14Cl3NO2S. The van der Waals surface area contributed by atoms with E-state index in [1.165, 1.54) is 0 Å². The molecule has 0 saturated heterocycles. The van der Waals surface area contributed by atoms with Crippen molar-refractivity contribution in [2.24, 2.45) is 5.73 Å². The van der Waals surface area contributed by atoms with Crippen molar-refractivity contribution < 1.29 is 9.47 Å². The third kappa shape index (κ3) is 4.64. The van der Waals surface area contributed by atoms with Crippen molar-refractivity contribution in [2.75, 3.05) is 6.61 Å². The molecule has 2 aromatic rings. The van der Waals surface area contributed by atoms with E-state index >= 15 is 0 Å². The molecule has 23 heavy (non-hydrogen) atoms. The van der Waals surface area contributed by atoms with Gasteiger partial charge in [-0.1, -0.05) is 53.1 Å². The summed E-state index contributed by atoms with van der Waals surface area (Å²) in [7, 11) is 0. The van der Waals surface area contributed by atoms with Crippen LogP contribution >= 0.6 is 47.0 Å². The maximum absolute atomic E-state index is 6.27. The topological polar surface area (TPSA) is 44.5 Å². The molecule has 0 aliphatic rings. The average Bonchev–Trinajstić information content (AvgIpc) is 2.48. The normalized spacial score (nSPS) is 10.4. The highest BCUT2D eigenvalue weighted by Gasteiger charge is 2.14. The highest BCUT2D eigenvalue weighted by molar-refractivity contribution is 7.80. The standard InChI is InChI=1S/C16H14Cl3NO2S/c1-2-21-14-6-10(16(20)23)5-13(19)15(14)22-8-9-3-4-11(17)7-12(9)18/h3-7H,2,8H2,1H3,(H2,20,23). The Bertz CT molecular complexity index is 738. The van der Waals surface area contributed by atoms with E-state index in [0.29, 0.717) is 38.7 Å². The van der Waals surface area contributed by atoms with Crippen LogP contribution in [0.4, 0.5) is 0 Å². The van der Waals surface area contributed by atoms with E-state index in [1.807, 2.05) is 6.92 Å². The van der Waals surface area contributed by atoms with Gasteiger partial charge in [0.25, 0.3) is 0 Å². The van der Waals surface area contributed by atoms with Crippen LogP contribution in [-0.2, 0) is 6.61 Å². The molecule has 2 rings (SSSR count). The molecule has 122 valence electrons. The van der Waals surface area contributed by atoms with E-state index in [0.717, 1.165) is 5.56 Å². The summed E-state index contributed by atoms with van der Waals surface area (Å²) in [5.74, 6) is 0.896. The molecule has 0 saturated carbocycles. The van der Waals surface area contributed by atoms with Crippen molar-refractivity contribution in [3.63, 3.8) is 0 Å². The van der Waals surface area contributed by atoms with Crippen molar-refractivity contribution in [1.82, 2.24) is 0 Å². The molecule has 7 heteroatoms. The predicted molar refractivity (Wildman–Crippen MR) is 99.3 cm³/mol. The first-order valence-corrected chi connectivity index (χ1v) is 8.29. The number of thiocarbonyl (C=S) groups is 1. The smallest absolute Gasteiger partial charge is 0.180 e. The van der Waals surface area contributed by atoms with Gasteiger partial charge in [0.1, 0.15) is 11.6 Å². The minimum absolute atomic E-state index is 0.224. The molecule has 0 fully saturated rings. The molecule has 0 atom stereocenters. The van der Waals surface area contributed by atoms with E-state index in [1.54, 1.807) is 30.3 Å². The minimum atomic E-state index is 0.224. The zero-order valence-corrected chi connectivity index (χ0v) is 15.3. The lowest BCUT2D eigenvalue weighted by molar-refractivity contribution is 0.269. The Hall–Kier alpha value is -1.20. The van der Waals surface area contributed by atoms with Crippen molar-refractivity contribution in [3.05, 3.63) is 56.5 Å². The van der Waals surface area contributed by atoms with Crippen molar-refractivity contribution in [1.29, 1.82) is 0 Å². The number of ether oxygens (including phenoxy) is 2. The van der Waals surface area contributed by atoms with Crippen LogP contribution in [0.25, 0.3) is 0 Å². The van der Waals surface area contributed by atoms with Gasteiger partial charge in [0.15, 0.2) is 11.5 Å². The fourth-order valence-corrected chi connectivity index (χ4v) is 2.75. The fraction of sp³-hybridized carbons (Fsp3) is 0.188. The second kappa shape index (κ2) is 8.06. The van der Waals surface area contributed by atoms with Crippen LogP contribution in [0.3, 0.4) is 0 Å². The molecule has 0 aliphatic carbocycles. The van der Waals surface area contributed by atoms with Gasteiger partial charge in [0, 0.05) is 21.2 Å². The Labute approximate surface area is 155 Å². The quantitative estimate of drug-likeness (QED) is 0.683. The van der Waals surface area contributed by atoms with E-state index in [-0.39, 0.29) is 11.6 Å². The predicted octanol–water partition coefficient (Wildman–Crippen LogP) is 5.26. The molecule has 0 amide bonds. The SMILES string of the molecule is CCOc1cc(C(N)=S)cc(Cl)c1OCc1ccc(Cl)cc1Cl. The van der Waals surface area contributed by atoms with Crippen molar-refractivity contribution >= 4 is 52.0 Å². The second-order valence-corrected chi connectivity index (χ2v) is 6.30. The van der Waals surface area contributed by atoms with Gasteiger partial charge in [0.2, 0.25) is 0 Å². The molecule has 2 N–H and O–H groups in total. The summed E-state index contributed by atoms with van der Waals surface area (Å²) in [6.07, 6.45) is 0. The molecule has 0 spiro atoms. The maximum atomic E-state index is 6.27. The summed E-state index contributed by atoms with van der Waals surface area (Å²) in [5, 5.41) is 1.45. The van der Waals surface area contributed by atoms with Gasteiger partial charge in [-0.25, -0.2) is 0 Å². The van der Waals surface area contributed by atoms with Crippen LogP contribution in [-0.4, -0.2) is 11.6 Å². The van der Waals surface area contributed by atoms with E-state index < -0.39 is 0 Å². The molecule has 2 aromatic carbocycles. The van der Waals surface area contributed by atoms with Gasteiger partial charge in [-0.3, -0.25) is 0 Å². The third-order valence-corrected chi connectivity index (χ3v) is 4.08. The summed E-state index contributed by atoms with van der Waals surface area (Å²) in [6.45, 7) is 2.54. The Morgan fingerprint density at radius 1 is 1.09 bits per heavy atom. The second-order valence-electron chi connectivity index (χ2n) is 4.61. The van der Waals surface area contributed by atoms with Crippen molar-refractivity contribution in [2.45, 2.75) is 13.5 Å². The van der Waals surface area contributed by atoms with Gasteiger partial charge in [0.05, 0.1) is 11.6 Å². The van der Waals surface area contributed by atoms with Gasteiger partial charge < -0.3 is 15.2 Å². The van der Waals surface area contributed by atoms with Crippen LogP contribution in [0.15, 0.2) is 30.3 Å². The Morgan fingerprint density at radius 3 is 2.43 bits per heavy atom. The molecule has 0 aliphatic heterocycles. The third-order valence-electron chi connectivity index (χ3n) is 2.98. The maximum Gasteiger partial charge on any atom is 0.180 e. The highest BCUT2D eigenvalue weighted by Crippen LogP contribution is 2.37. The number of hydrogen-bond donors (Lipinski definition) is 1. The lowest BCUT2D eigenvalue weighted by Gasteiger charge is -2.15. The number of nitrogens with two attached hydrogens (primary N) is 1. The Morgan fingerprint density at radius 2 is 1.83 bits per heavy atom. The molecule has 3 nitrogen and oxygen atoms in total. The minimum Gasteiger partial charge on any atom is -0.490 e. The van der Waals surface area contributed by atoms with E-state index in [4.69, 9.17) is 62.2 Å². The van der Waals surface area contributed by atoms with Crippen LogP contribution in [0, 0.1) is 0 Å². The molecule has 0 unspecified atom stereocenters. The zero-order chi connectivity index (χ0) is 17.0.